The molecule has 0 bridgehead atoms. The Balaban J connectivity index is 1.96. The second-order valence-corrected chi connectivity index (χ2v) is 3.87. The van der Waals surface area contributed by atoms with Crippen LogP contribution in [-0.4, -0.2) is 16.6 Å². The number of hydrogen-bond acceptors (Lipinski definition) is 2. The van der Waals surface area contributed by atoms with E-state index in [9.17, 15) is 9.18 Å². The number of carboxylic acid groups (broad SMARTS) is 1. The number of benzene rings is 1. The third-order valence-electron chi connectivity index (χ3n) is 2.68. The maximum absolute atomic E-state index is 12.8. The number of nitrogens with one attached hydrogen (secondary N) is 1. The Morgan fingerprint density at radius 2 is 2.27 bits per heavy atom. The lowest BCUT2D eigenvalue weighted by molar-refractivity contribution is -0.140. The lowest BCUT2D eigenvalue weighted by atomic mass is 10.2. The van der Waals surface area contributed by atoms with E-state index < -0.39 is 11.5 Å². The first kappa shape index (κ1) is 10.1. The fourth-order valence-corrected chi connectivity index (χ4v) is 1.51. The maximum Gasteiger partial charge on any atom is 0.323 e. The minimum absolute atomic E-state index is 0.297. The molecule has 1 saturated carbocycles. The van der Waals surface area contributed by atoms with Gasteiger partial charge in [-0.1, -0.05) is 12.1 Å². The van der Waals surface area contributed by atoms with E-state index in [1.165, 1.54) is 12.1 Å². The lowest BCUT2D eigenvalue weighted by Gasteiger charge is -2.11. The van der Waals surface area contributed by atoms with Gasteiger partial charge in [-0.25, -0.2) is 4.39 Å². The summed E-state index contributed by atoms with van der Waals surface area (Å²) in [6, 6.07) is 6.17. The van der Waals surface area contributed by atoms with Crippen LogP contribution in [0, 0.1) is 5.82 Å². The third kappa shape index (κ3) is 2.15. The number of aliphatic carboxylic acids is 1. The highest BCUT2D eigenvalue weighted by Crippen LogP contribution is 2.35. The van der Waals surface area contributed by atoms with Crippen LogP contribution in [0.15, 0.2) is 24.3 Å². The normalized spacial score (nSPS) is 17.4. The highest BCUT2D eigenvalue weighted by Gasteiger charge is 2.49. The molecule has 80 valence electrons. The molecule has 0 radical (unpaired) electrons. The molecule has 1 aromatic carbocycles. The molecule has 0 amide bonds. The predicted octanol–water partition coefficient (Wildman–Crippen LogP) is 1.53. The van der Waals surface area contributed by atoms with Crippen molar-refractivity contribution < 1.29 is 14.3 Å². The Bertz CT molecular complexity index is 388. The largest absolute Gasteiger partial charge is 0.480 e. The van der Waals surface area contributed by atoms with Crippen molar-refractivity contribution in [3.05, 3.63) is 35.6 Å². The van der Waals surface area contributed by atoms with Gasteiger partial charge >= 0.3 is 5.97 Å². The molecule has 0 heterocycles. The molecule has 4 heteroatoms. The average molecular weight is 209 g/mol. The first-order valence-electron chi connectivity index (χ1n) is 4.85. The van der Waals surface area contributed by atoms with Gasteiger partial charge in [0.05, 0.1) is 0 Å². The van der Waals surface area contributed by atoms with Crippen LogP contribution in [0.25, 0.3) is 0 Å². The summed E-state index contributed by atoms with van der Waals surface area (Å²) in [6.07, 6.45) is 1.30. The first-order valence-corrected chi connectivity index (χ1v) is 4.85. The molecule has 0 unspecified atom stereocenters. The lowest BCUT2D eigenvalue weighted by Crippen LogP contribution is -2.38. The molecule has 3 nitrogen and oxygen atoms in total. The van der Waals surface area contributed by atoms with Crippen LogP contribution in [0.2, 0.25) is 0 Å². The summed E-state index contributed by atoms with van der Waals surface area (Å²) in [4.78, 5) is 10.8. The molecule has 1 aromatic rings. The van der Waals surface area contributed by atoms with Crippen LogP contribution in [0.1, 0.15) is 18.4 Å². The van der Waals surface area contributed by atoms with Crippen LogP contribution in [-0.2, 0) is 11.3 Å². The zero-order valence-electron chi connectivity index (χ0n) is 8.16. The van der Waals surface area contributed by atoms with Gasteiger partial charge in [0.25, 0.3) is 0 Å². The van der Waals surface area contributed by atoms with E-state index in [1.807, 2.05) is 0 Å². The number of hydrogen-bond donors (Lipinski definition) is 2. The van der Waals surface area contributed by atoms with Gasteiger partial charge in [0.15, 0.2) is 0 Å². The van der Waals surface area contributed by atoms with Crippen molar-refractivity contribution in [3.8, 4) is 0 Å². The molecule has 1 fully saturated rings. The number of rotatable bonds is 4. The predicted molar refractivity (Wildman–Crippen MR) is 52.8 cm³/mol. The van der Waals surface area contributed by atoms with E-state index in [2.05, 4.69) is 5.32 Å². The van der Waals surface area contributed by atoms with E-state index in [1.54, 1.807) is 12.1 Å². The molecule has 1 aliphatic rings. The second-order valence-electron chi connectivity index (χ2n) is 3.87. The molecule has 2 N–H and O–H groups in total. The van der Waals surface area contributed by atoms with Crippen LogP contribution in [0.4, 0.5) is 4.39 Å². The minimum atomic E-state index is -0.820. The number of carbonyl (C=O) groups is 1. The van der Waals surface area contributed by atoms with Gasteiger partial charge in [-0.3, -0.25) is 10.1 Å². The van der Waals surface area contributed by atoms with Gasteiger partial charge in [0.1, 0.15) is 11.4 Å². The van der Waals surface area contributed by atoms with Gasteiger partial charge in [-0.2, -0.15) is 0 Å². The molecule has 2 rings (SSSR count). The van der Waals surface area contributed by atoms with Crippen molar-refractivity contribution in [2.45, 2.75) is 24.9 Å². The molecule has 0 atom stereocenters. The van der Waals surface area contributed by atoms with E-state index in [-0.39, 0.29) is 5.82 Å². The Labute approximate surface area is 86.9 Å². The van der Waals surface area contributed by atoms with E-state index in [0.717, 1.165) is 5.56 Å². The standard InChI is InChI=1S/C11H12FNO2/c12-9-3-1-2-8(6-9)7-13-11(4-5-11)10(14)15/h1-3,6,13H,4-5,7H2,(H,14,15). The molecular weight excluding hydrogens is 197 g/mol. The summed E-state index contributed by atoms with van der Waals surface area (Å²) < 4.78 is 12.8. The van der Waals surface area contributed by atoms with Crippen molar-refractivity contribution in [2.75, 3.05) is 0 Å². The zero-order chi connectivity index (χ0) is 10.9. The van der Waals surface area contributed by atoms with E-state index >= 15 is 0 Å². The van der Waals surface area contributed by atoms with Gasteiger partial charge in [-0.15, -0.1) is 0 Å². The summed E-state index contributed by atoms with van der Waals surface area (Å²) in [5.74, 6) is -1.12. The molecule has 1 aliphatic carbocycles. The van der Waals surface area contributed by atoms with Crippen LogP contribution in [0.5, 0.6) is 0 Å². The summed E-state index contributed by atoms with van der Waals surface area (Å²) in [6.45, 7) is 0.393. The van der Waals surface area contributed by atoms with Crippen molar-refractivity contribution in [1.29, 1.82) is 0 Å². The van der Waals surface area contributed by atoms with Crippen molar-refractivity contribution in [3.63, 3.8) is 0 Å². The Hall–Kier alpha value is -1.42. The average Bonchev–Trinajstić information content (AvgIpc) is 2.96. The molecular formula is C11H12FNO2. The fraction of sp³-hybridized carbons (Fsp3) is 0.364. The Kier molecular flexibility index (Phi) is 2.44. The van der Waals surface area contributed by atoms with E-state index in [0.29, 0.717) is 19.4 Å². The van der Waals surface area contributed by atoms with Crippen LogP contribution < -0.4 is 5.32 Å². The highest BCUT2D eigenvalue weighted by atomic mass is 19.1. The SMILES string of the molecule is O=C(O)C1(NCc2cccc(F)c2)CC1. The number of halogens is 1. The molecule has 0 aliphatic heterocycles. The van der Waals surface area contributed by atoms with Crippen molar-refractivity contribution >= 4 is 5.97 Å². The summed E-state index contributed by atoms with van der Waals surface area (Å²) in [7, 11) is 0. The Morgan fingerprint density at radius 1 is 1.53 bits per heavy atom. The molecule has 0 aromatic heterocycles. The van der Waals surface area contributed by atoms with Crippen molar-refractivity contribution in [2.24, 2.45) is 0 Å². The first-order chi connectivity index (χ1) is 7.12. The van der Waals surface area contributed by atoms with Crippen LogP contribution in [0.3, 0.4) is 0 Å². The van der Waals surface area contributed by atoms with Crippen molar-refractivity contribution in [1.82, 2.24) is 5.32 Å². The number of carboxylic acids is 1. The van der Waals surface area contributed by atoms with Crippen LogP contribution >= 0.6 is 0 Å². The fourth-order valence-electron chi connectivity index (χ4n) is 1.51. The van der Waals surface area contributed by atoms with Gasteiger partial charge in [0, 0.05) is 6.54 Å². The quantitative estimate of drug-likeness (QED) is 0.790. The minimum Gasteiger partial charge on any atom is -0.480 e. The van der Waals surface area contributed by atoms with E-state index in [4.69, 9.17) is 5.11 Å². The molecule has 15 heavy (non-hydrogen) atoms. The van der Waals surface area contributed by atoms with Gasteiger partial charge in [-0.05, 0) is 30.5 Å². The van der Waals surface area contributed by atoms with Gasteiger partial charge in [0.2, 0.25) is 0 Å². The topological polar surface area (TPSA) is 49.3 Å². The summed E-state index contributed by atoms with van der Waals surface area (Å²) >= 11 is 0. The molecule has 0 spiro atoms. The molecule has 0 saturated heterocycles. The van der Waals surface area contributed by atoms with Gasteiger partial charge < -0.3 is 5.11 Å². The summed E-state index contributed by atoms with van der Waals surface area (Å²) in [5, 5.41) is 11.8. The smallest absolute Gasteiger partial charge is 0.323 e. The zero-order valence-corrected chi connectivity index (χ0v) is 8.16. The third-order valence-corrected chi connectivity index (χ3v) is 2.68. The monoisotopic (exact) mass is 209 g/mol. The second kappa shape index (κ2) is 3.62. The summed E-state index contributed by atoms with van der Waals surface area (Å²) in [5.41, 5.74) is 0.00861. The highest BCUT2D eigenvalue weighted by molar-refractivity contribution is 5.82. The maximum atomic E-state index is 12.8. The Morgan fingerprint density at radius 3 is 2.80 bits per heavy atom.